The van der Waals surface area contributed by atoms with E-state index in [4.69, 9.17) is 4.74 Å². The molecule has 0 aromatic heterocycles. The number of benzene rings is 1. The van der Waals surface area contributed by atoms with Gasteiger partial charge < -0.3 is 10.1 Å². The second kappa shape index (κ2) is 6.72. The van der Waals surface area contributed by atoms with Gasteiger partial charge in [-0.15, -0.1) is 0 Å². The first-order valence-corrected chi connectivity index (χ1v) is 8.79. The number of hydrogen-bond donors (Lipinski definition) is 1. The van der Waals surface area contributed by atoms with Crippen molar-refractivity contribution >= 4 is 5.69 Å². The molecule has 0 atom stereocenters. The van der Waals surface area contributed by atoms with Crippen LogP contribution in [0.25, 0.3) is 0 Å². The predicted octanol–water partition coefficient (Wildman–Crippen LogP) is 5.39. The van der Waals surface area contributed by atoms with Crippen LogP contribution in [-0.4, -0.2) is 12.6 Å². The molecule has 2 nitrogen and oxygen atoms in total. The maximum absolute atomic E-state index is 5.64. The van der Waals surface area contributed by atoms with Crippen LogP contribution in [0.2, 0.25) is 0 Å². The molecule has 1 spiro atoms. The fourth-order valence-electron chi connectivity index (χ4n) is 4.10. The minimum Gasteiger partial charge on any atom is -0.494 e. The van der Waals surface area contributed by atoms with Crippen LogP contribution in [0.15, 0.2) is 24.3 Å². The van der Waals surface area contributed by atoms with Gasteiger partial charge in [-0.05, 0) is 74.6 Å². The summed E-state index contributed by atoms with van der Waals surface area (Å²) in [7, 11) is 0. The summed E-state index contributed by atoms with van der Waals surface area (Å²) in [6.07, 6.45) is 12.5. The van der Waals surface area contributed by atoms with E-state index in [-0.39, 0.29) is 0 Å². The van der Waals surface area contributed by atoms with Gasteiger partial charge in [0.2, 0.25) is 0 Å². The lowest BCUT2D eigenvalue weighted by Gasteiger charge is -2.37. The molecule has 2 aliphatic carbocycles. The second-order valence-corrected chi connectivity index (χ2v) is 7.00. The van der Waals surface area contributed by atoms with Crippen molar-refractivity contribution in [1.29, 1.82) is 0 Å². The van der Waals surface area contributed by atoms with E-state index in [1.807, 2.05) is 0 Å². The minimum absolute atomic E-state index is 0.665. The molecule has 1 aromatic carbocycles. The zero-order valence-electron chi connectivity index (χ0n) is 13.4. The van der Waals surface area contributed by atoms with Crippen molar-refractivity contribution in [2.75, 3.05) is 11.9 Å². The maximum Gasteiger partial charge on any atom is 0.119 e. The molecule has 0 amide bonds. The SMILES string of the molecule is CCCOc1ccc(NC2CCC3(CCCC3)CC2)cc1. The molecular formula is C19H29NO. The molecule has 1 aromatic rings. The lowest BCUT2D eigenvalue weighted by Crippen LogP contribution is -2.31. The fourth-order valence-corrected chi connectivity index (χ4v) is 4.10. The van der Waals surface area contributed by atoms with Crippen LogP contribution < -0.4 is 10.1 Å². The Morgan fingerprint density at radius 3 is 2.33 bits per heavy atom. The first kappa shape index (κ1) is 14.7. The molecule has 2 heteroatoms. The molecule has 0 heterocycles. The van der Waals surface area contributed by atoms with Crippen molar-refractivity contribution < 1.29 is 4.74 Å². The maximum atomic E-state index is 5.64. The lowest BCUT2D eigenvalue weighted by molar-refractivity contribution is 0.188. The van der Waals surface area contributed by atoms with E-state index in [9.17, 15) is 0 Å². The van der Waals surface area contributed by atoms with Gasteiger partial charge in [0.25, 0.3) is 0 Å². The quantitative estimate of drug-likeness (QED) is 0.784. The number of hydrogen-bond acceptors (Lipinski definition) is 2. The second-order valence-electron chi connectivity index (χ2n) is 7.00. The third-order valence-electron chi connectivity index (χ3n) is 5.41. The summed E-state index contributed by atoms with van der Waals surface area (Å²) in [4.78, 5) is 0. The van der Waals surface area contributed by atoms with E-state index in [0.29, 0.717) is 6.04 Å². The molecule has 2 aliphatic rings. The zero-order chi connectivity index (χ0) is 14.5. The van der Waals surface area contributed by atoms with Crippen LogP contribution >= 0.6 is 0 Å². The summed E-state index contributed by atoms with van der Waals surface area (Å²) in [5, 5.41) is 3.71. The van der Waals surface area contributed by atoms with Crippen LogP contribution in [0.3, 0.4) is 0 Å². The number of nitrogens with one attached hydrogen (secondary N) is 1. The largest absolute Gasteiger partial charge is 0.494 e. The van der Waals surface area contributed by atoms with Gasteiger partial charge in [0, 0.05) is 11.7 Å². The average molecular weight is 287 g/mol. The Hall–Kier alpha value is -1.18. The molecule has 1 N–H and O–H groups in total. The first-order chi connectivity index (χ1) is 10.3. The van der Waals surface area contributed by atoms with Crippen molar-refractivity contribution in [1.82, 2.24) is 0 Å². The van der Waals surface area contributed by atoms with E-state index in [0.717, 1.165) is 24.2 Å². The fraction of sp³-hybridized carbons (Fsp3) is 0.684. The Labute approximate surface area is 129 Å². The summed E-state index contributed by atoms with van der Waals surface area (Å²) in [5.74, 6) is 0.982. The van der Waals surface area contributed by atoms with E-state index in [1.165, 1.54) is 57.1 Å². The Balaban J connectivity index is 1.48. The van der Waals surface area contributed by atoms with Crippen LogP contribution in [0, 0.1) is 5.41 Å². The molecule has 3 rings (SSSR count). The van der Waals surface area contributed by atoms with Crippen molar-refractivity contribution in [3.8, 4) is 5.75 Å². The third kappa shape index (κ3) is 3.72. The predicted molar refractivity (Wildman–Crippen MR) is 89.0 cm³/mol. The van der Waals surface area contributed by atoms with E-state index in [1.54, 1.807) is 0 Å². The average Bonchev–Trinajstić information content (AvgIpc) is 2.98. The highest BCUT2D eigenvalue weighted by molar-refractivity contribution is 5.47. The molecule has 116 valence electrons. The van der Waals surface area contributed by atoms with Gasteiger partial charge in [0.1, 0.15) is 5.75 Å². The van der Waals surface area contributed by atoms with Gasteiger partial charge >= 0.3 is 0 Å². The van der Waals surface area contributed by atoms with Gasteiger partial charge in [0.05, 0.1) is 6.61 Å². The highest BCUT2D eigenvalue weighted by Crippen LogP contribution is 2.49. The third-order valence-corrected chi connectivity index (χ3v) is 5.41. The Bertz CT molecular complexity index is 423. The van der Waals surface area contributed by atoms with Gasteiger partial charge in [-0.25, -0.2) is 0 Å². The normalized spacial score (nSPS) is 21.6. The van der Waals surface area contributed by atoms with E-state index < -0.39 is 0 Å². The summed E-state index contributed by atoms with van der Waals surface area (Å²) >= 11 is 0. The Kier molecular flexibility index (Phi) is 4.72. The molecule has 0 bridgehead atoms. The highest BCUT2D eigenvalue weighted by atomic mass is 16.5. The first-order valence-electron chi connectivity index (χ1n) is 8.79. The minimum atomic E-state index is 0.665. The summed E-state index contributed by atoms with van der Waals surface area (Å²) in [6.45, 7) is 2.94. The van der Waals surface area contributed by atoms with Crippen molar-refractivity contribution in [3.05, 3.63) is 24.3 Å². The number of ether oxygens (including phenoxy) is 1. The molecule has 0 unspecified atom stereocenters. The Morgan fingerprint density at radius 2 is 1.71 bits per heavy atom. The van der Waals surface area contributed by atoms with Crippen LogP contribution in [-0.2, 0) is 0 Å². The molecule has 0 aliphatic heterocycles. The molecule has 2 saturated carbocycles. The standard InChI is InChI=1S/C19H29NO/c1-2-15-21-18-7-5-16(6-8-18)20-17-9-13-19(14-10-17)11-3-4-12-19/h5-8,17,20H,2-4,9-15H2,1H3. The van der Waals surface area contributed by atoms with Gasteiger partial charge in [-0.2, -0.15) is 0 Å². The molecular weight excluding hydrogens is 258 g/mol. The van der Waals surface area contributed by atoms with Crippen LogP contribution in [0.4, 0.5) is 5.69 Å². The van der Waals surface area contributed by atoms with Crippen molar-refractivity contribution in [2.45, 2.75) is 70.8 Å². The van der Waals surface area contributed by atoms with Crippen LogP contribution in [0.1, 0.15) is 64.7 Å². The summed E-state index contributed by atoms with van der Waals surface area (Å²) in [5.41, 5.74) is 1.97. The summed E-state index contributed by atoms with van der Waals surface area (Å²) in [6, 6.07) is 9.15. The summed E-state index contributed by atoms with van der Waals surface area (Å²) < 4.78 is 5.64. The van der Waals surface area contributed by atoms with Gasteiger partial charge in [0.15, 0.2) is 0 Å². The number of anilines is 1. The van der Waals surface area contributed by atoms with E-state index in [2.05, 4.69) is 36.5 Å². The molecule has 21 heavy (non-hydrogen) atoms. The van der Waals surface area contributed by atoms with Gasteiger partial charge in [-0.3, -0.25) is 0 Å². The Morgan fingerprint density at radius 1 is 1.05 bits per heavy atom. The smallest absolute Gasteiger partial charge is 0.119 e. The monoisotopic (exact) mass is 287 g/mol. The van der Waals surface area contributed by atoms with E-state index >= 15 is 0 Å². The molecule has 0 saturated heterocycles. The topological polar surface area (TPSA) is 21.3 Å². The van der Waals surface area contributed by atoms with Gasteiger partial charge in [-0.1, -0.05) is 19.8 Å². The van der Waals surface area contributed by atoms with Crippen molar-refractivity contribution in [3.63, 3.8) is 0 Å². The van der Waals surface area contributed by atoms with Crippen LogP contribution in [0.5, 0.6) is 5.75 Å². The molecule has 2 fully saturated rings. The zero-order valence-corrected chi connectivity index (χ0v) is 13.4. The highest BCUT2D eigenvalue weighted by Gasteiger charge is 2.37. The molecule has 0 radical (unpaired) electrons. The van der Waals surface area contributed by atoms with Crippen molar-refractivity contribution in [2.24, 2.45) is 5.41 Å². The number of rotatable bonds is 5. The lowest BCUT2D eigenvalue weighted by atomic mass is 9.71.